The summed E-state index contributed by atoms with van der Waals surface area (Å²) in [5, 5.41) is 54.4. The minimum atomic E-state index is -1.38. The number of unbranched alkanes of at least 4 members (excludes halogenated alkanes) is 23. The summed E-state index contributed by atoms with van der Waals surface area (Å²) < 4.78 is 6.27. The van der Waals surface area contributed by atoms with E-state index in [1.165, 1.54) is 135 Å². The van der Waals surface area contributed by atoms with Crippen molar-refractivity contribution < 1.29 is 19.7 Å². The lowest BCUT2D eigenvalue weighted by atomic mass is 9.61. The highest BCUT2D eigenvalue weighted by Crippen LogP contribution is 2.50. The van der Waals surface area contributed by atoms with Crippen molar-refractivity contribution in [1.82, 2.24) is 30.6 Å². The highest BCUT2D eigenvalue weighted by molar-refractivity contribution is 7.15. The molecule has 426 valence electrons. The van der Waals surface area contributed by atoms with Crippen LogP contribution in [0.1, 0.15) is 245 Å². The molecule has 0 aliphatic carbocycles. The summed E-state index contributed by atoms with van der Waals surface area (Å²) in [7, 11) is 0. The second kappa shape index (κ2) is 36.2. The number of aliphatic hydroxyl groups is 2. The zero-order valence-corrected chi connectivity index (χ0v) is 50.5. The smallest absolute Gasteiger partial charge is 0.321 e. The summed E-state index contributed by atoms with van der Waals surface area (Å²) in [6.07, 6.45) is 35.1. The zero-order valence-electron chi connectivity index (χ0n) is 48.0. The first-order valence-electron chi connectivity index (χ1n) is 30.6. The third-order valence-electron chi connectivity index (χ3n) is 15.4. The first-order valence-corrected chi connectivity index (χ1v) is 33.0. The monoisotopic (exact) mass is 1120 g/mol. The average molecular weight is 1120 g/mol. The second-order valence-electron chi connectivity index (χ2n) is 21.7. The van der Waals surface area contributed by atoms with E-state index in [9.17, 15) is 10.2 Å². The molecule has 2 N–H and O–H groups in total. The number of rotatable bonds is 42. The highest BCUT2D eigenvalue weighted by atomic mass is 32.1. The molecule has 0 saturated heterocycles. The molecular weight excluding hydrogens is 1020 g/mol. The van der Waals surface area contributed by atoms with Crippen LogP contribution < -0.4 is 0 Å². The van der Waals surface area contributed by atoms with E-state index >= 15 is 4.79 Å². The van der Waals surface area contributed by atoms with Crippen LogP contribution in [0.2, 0.25) is 0 Å². The molecule has 3 heterocycles. The maximum atomic E-state index is 15.8. The van der Waals surface area contributed by atoms with Gasteiger partial charge in [-0.25, -0.2) is 0 Å². The first kappa shape index (κ1) is 62.9. The van der Waals surface area contributed by atoms with Gasteiger partial charge in [-0.2, -0.15) is 0 Å². The van der Waals surface area contributed by atoms with Crippen molar-refractivity contribution in [1.29, 1.82) is 0 Å². The Morgan fingerprint density at radius 2 is 0.769 bits per heavy atom. The molecule has 0 fully saturated rings. The highest BCUT2D eigenvalue weighted by Gasteiger charge is 2.51. The van der Waals surface area contributed by atoms with E-state index in [2.05, 4.69) is 131 Å². The van der Waals surface area contributed by atoms with Gasteiger partial charge in [-0.15, -0.1) is 30.6 Å². The summed E-state index contributed by atoms with van der Waals surface area (Å²) in [5.74, 6) is -0.865. The molecule has 78 heavy (non-hydrogen) atoms. The predicted molar refractivity (Wildman–Crippen MR) is 327 cm³/mol. The summed E-state index contributed by atoms with van der Waals surface area (Å²) in [5.41, 5.74) is 4.07. The summed E-state index contributed by atoms with van der Waals surface area (Å²) in [4.78, 5) is 15.8. The van der Waals surface area contributed by atoms with E-state index in [-0.39, 0.29) is 12.5 Å². The summed E-state index contributed by atoms with van der Waals surface area (Å²) in [6, 6.07) is 25.2. The SMILES string of the molecule is CCCCCCCCCc1nnc(-c2ccc(C(CCCCCCCC)C(C(=O)OCC(O)CO)(c3ccc(-c4nnc(CCCCCCCCC)s4)cc3)c3ccc(-c4nnc(CCCCCCCCC)s4)cc3)cc2)s1. The van der Waals surface area contributed by atoms with E-state index in [0.717, 1.165) is 121 Å². The maximum absolute atomic E-state index is 15.8. The number of carbonyl (C=O) groups is 1. The molecule has 0 bridgehead atoms. The molecule has 2 atom stereocenters. The van der Waals surface area contributed by atoms with E-state index in [1.807, 2.05) is 0 Å². The molecule has 3 aromatic carbocycles. The molecule has 3 aromatic heterocycles. The maximum Gasteiger partial charge on any atom is 0.321 e. The Morgan fingerprint density at radius 3 is 1.12 bits per heavy atom. The fraction of sp³-hybridized carbons (Fsp3) is 0.615. The number of aromatic nitrogens is 6. The Morgan fingerprint density at radius 1 is 0.449 bits per heavy atom. The van der Waals surface area contributed by atoms with E-state index < -0.39 is 24.1 Å². The van der Waals surface area contributed by atoms with E-state index in [1.54, 1.807) is 34.0 Å². The molecule has 0 saturated carbocycles. The molecule has 0 radical (unpaired) electrons. The van der Waals surface area contributed by atoms with Crippen LogP contribution in [0.15, 0.2) is 72.8 Å². The predicted octanol–water partition coefficient (Wildman–Crippen LogP) is 17.8. The third kappa shape index (κ3) is 19.8. The van der Waals surface area contributed by atoms with Crippen LogP contribution in [-0.2, 0) is 34.2 Å². The van der Waals surface area contributed by atoms with Crippen molar-refractivity contribution in [2.24, 2.45) is 0 Å². The average Bonchev–Trinajstić information content (AvgIpc) is 4.40. The minimum Gasteiger partial charge on any atom is -0.462 e. The Balaban J connectivity index is 1.37. The van der Waals surface area contributed by atoms with Gasteiger partial charge in [0.2, 0.25) is 0 Å². The number of benzene rings is 3. The van der Waals surface area contributed by atoms with Gasteiger partial charge >= 0.3 is 5.97 Å². The van der Waals surface area contributed by atoms with Crippen LogP contribution in [0.4, 0.5) is 0 Å². The Bertz CT molecular complexity index is 2420. The number of hydrogen-bond acceptors (Lipinski definition) is 13. The van der Waals surface area contributed by atoms with Gasteiger partial charge in [-0.05, 0) is 42.4 Å². The number of ether oxygens (including phenoxy) is 1. The molecule has 10 nitrogen and oxygen atoms in total. The van der Waals surface area contributed by atoms with Gasteiger partial charge in [0.25, 0.3) is 0 Å². The fourth-order valence-corrected chi connectivity index (χ4v) is 13.4. The zero-order chi connectivity index (χ0) is 55.1. The molecule has 0 amide bonds. The Hall–Kier alpha value is -4.27. The van der Waals surface area contributed by atoms with Crippen LogP contribution in [0.5, 0.6) is 0 Å². The normalized spacial score (nSPS) is 12.6. The summed E-state index contributed by atoms with van der Waals surface area (Å²) in [6.45, 7) is 8.15. The summed E-state index contributed by atoms with van der Waals surface area (Å²) >= 11 is 4.96. The van der Waals surface area contributed by atoms with Crippen molar-refractivity contribution in [3.63, 3.8) is 0 Å². The van der Waals surface area contributed by atoms with Crippen molar-refractivity contribution in [2.75, 3.05) is 13.2 Å². The molecule has 0 aliphatic heterocycles. The molecule has 2 unspecified atom stereocenters. The number of nitrogens with zero attached hydrogens (tertiary/aromatic N) is 6. The minimum absolute atomic E-state index is 0.341. The topological polar surface area (TPSA) is 144 Å². The first-order chi connectivity index (χ1) is 38.3. The number of aliphatic hydroxyl groups excluding tert-OH is 2. The van der Waals surface area contributed by atoms with Crippen molar-refractivity contribution in [2.45, 2.75) is 244 Å². The van der Waals surface area contributed by atoms with Gasteiger partial charge in [0.05, 0.1) is 6.61 Å². The Labute approximate surface area is 481 Å². The van der Waals surface area contributed by atoms with Crippen molar-refractivity contribution >= 4 is 40.0 Å². The lowest BCUT2D eigenvalue weighted by molar-refractivity contribution is -0.153. The van der Waals surface area contributed by atoms with Gasteiger partial charge in [-0.1, -0.05) is 289 Å². The molecule has 0 aliphatic rings. The largest absolute Gasteiger partial charge is 0.462 e. The number of aryl methyl sites for hydroxylation is 3. The number of carbonyl (C=O) groups excluding carboxylic acids is 1. The third-order valence-corrected chi connectivity index (χ3v) is 18.5. The van der Waals surface area contributed by atoms with E-state index in [0.29, 0.717) is 6.42 Å². The van der Waals surface area contributed by atoms with Crippen LogP contribution in [-0.4, -0.2) is 66.1 Å². The van der Waals surface area contributed by atoms with Crippen LogP contribution in [0, 0.1) is 0 Å². The van der Waals surface area contributed by atoms with E-state index in [4.69, 9.17) is 4.74 Å². The molecule has 0 spiro atoms. The van der Waals surface area contributed by atoms with Gasteiger partial charge in [-0.3, -0.25) is 4.79 Å². The molecule has 13 heteroatoms. The lowest BCUT2D eigenvalue weighted by Gasteiger charge is -2.40. The molecular formula is C65H94N6O4S3. The lowest BCUT2D eigenvalue weighted by Crippen LogP contribution is -2.45. The van der Waals surface area contributed by atoms with Crippen molar-refractivity contribution in [3.05, 3.63) is 105 Å². The van der Waals surface area contributed by atoms with Gasteiger partial charge in [0.15, 0.2) is 0 Å². The Kier molecular flexibility index (Phi) is 29.2. The molecule has 6 aromatic rings. The van der Waals surface area contributed by atoms with Gasteiger partial charge < -0.3 is 14.9 Å². The standard InChI is InChI=1S/C65H94N6O4S3/c1-5-9-13-17-21-25-29-33-58-66-69-61(76-58)51-38-36-50(37-39-51)57(32-28-24-20-16-12-8-4)65(64(74)75-49-56(73)48-72,54-44-40-52(41-45-54)62-70-67-59(77-62)34-30-26-22-18-14-10-6-2)55-46-42-53(43-47-55)63-71-68-60(78-63)35-31-27-23-19-15-11-7-3/h36-47,56-57,72-73H,5-35,48-49H2,1-4H3. The second-order valence-corrected chi connectivity index (χ2v) is 24.9. The number of esters is 1. The number of hydrogen-bond donors (Lipinski definition) is 2. The fourth-order valence-electron chi connectivity index (χ4n) is 10.8. The van der Waals surface area contributed by atoms with Gasteiger partial charge in [0.1, 0.15) is 48.2 Å². The van der Waals surface area contributed by atoms with Gasteiger partial charge in [0, 0.05) is 41.9 Å². The van der Waals surface area contributed by atoms with Crippen LogP contribution in [0.25, 0.3) is 31.7 Å². The van der Waals surface area contributed by atoms with Crippen molar-refractivity contribution in [3.8, 4) is 31.7 Å². The van der Waals surface area contributed by atoms with Crippen LogP contribution in [0.3, 0.4) is 0 Å². The quantitative estimate of drug-likeness (QED) is 0.0281. The molecule has 6 rings (SSSR count). The van der Waals surface area contributed by atoms with Crippen LogP contribution >= 0.6 is 34.0 Å².